The molecule has 0 spiro atoms. The Bertz CT molecular complexity index is 411. The lowest BCUT2D eigenvalue weighted by molar-refractivity contribution is 0.111. The van der Waals surface area contributed by atoms with Crippen molar-refractivity contribution in [1.82, 2.24) is 0 Å². The van der Waals surface area contributed by atoms with Crippen molar-refractivity contribution in [3.63, 3.8) is 0 Å². The van der Waals surface area contributed by atoms with E-state index in [2.05, 4.69) is 10.0 Å². The van der Waals surface area contributed by atoms with Crippen LogP contribution in [0.4, 0.5) is 0 Å². The van der Waals surface area contributed by atoms with E-state index < -0.39 is 8.80 Å². The molecular formula is C12H19N3O3Si. The SMILES string of the molecule is CO[Si](OC)(OC)C(CN=[N+]=[N-])Cc1ccccc1. The first kappa shape index (κ1) is 15.7. The van der Waals surface area contributed by atoms with E-state index in [1.807, 2.05) is 30.3 Å². The van der Waals surface area contributed by atoms with Crippen LogP contribution in [0.2, 0.25) is 5.54 Å². The minimum atomic E-state index is -2.83. The summed E-state index contributed by atoms with van der Waals surface area (Å²) >= 11 is 0. The lowest BCUT2D eigenvalue weighted by atomic mass is 10.1. The van der Waals surface area contributed by atoms with E-state index in [0.717, 1.165) is 5.56 Å². The van der Waals surface area contributed by atoms with Crippen molar-refractivity contribution < 1.29 is 13.3 Å². The van der Waals surface area contributed by atoms with E-state index >= 15 is 0 Å². The van der Waals surface area contributed by atoms with Crippen LogP contribution in [0.15, 0.2) is 35.4 Å². The summed E-state index contributed by atoms with van der Waals surface area (Å²) in [7, 11) is 1.86. The predicted molar refractivity (Wildman–Crippen MR) is 74.7 cm³/mol. The number of hydrogen-bond donors (Lipinski definition) is 0. The zero-order valence-corrected chi connectivity index (χ0v) is 12.4. The van der Waals surface area contributed by atoms with Crippen LogP contribution < -0.4 is 0 Å². The fourth-order valence-electron chi connectivity index (χ4n) is 2.09. The Morgan fingerprint density at radius 1 is 1.16 bits per heavy atom. The van der Waals surface area contributed by atoms with Crippen molar-refractivity contribution in [1.29, 1.82) is 0 Å². The molecule has 7 heteroatoms. The molecule has 0 aliphatic rings. The van der Waals surface area contributed by atoms with Crippen LogP contribution in [-0.4, -0.2) is 36.7 Å². The summed E-state index contributed by atoms with van der Waals surface area (Å²) in [4.78, 5) is 2.81. The molecule has 0 bridgehead atoms. The van der Waals surface area contributed by atoms with Crippen molar-refractivity contribution in [2.45, 2.75) is 12.0 Å². The van der Waals surface area contributed by atoms with Crippen molar-refractivity contribution in [3.05, 3.63) is 46.3 Å². The van der Waals surface area contributed by atoms with E-state index in [9.17, 15) is 0 Å². The molecule has 0 saturated heterocycles. The van der Waals surface area contributed by atoms with Gasteiger partial charge in [0.25, 0.3) is 0 Å². The van der Waals surface area contributed by atoms with Gasteiger partial charge in [0.1, 0.15) is 0 Å². The summed E-state index contributed by atoms with van der Waals surface area (Å²) in [5.74, 6) is 0. The van der Waals surface area contributed by atoms with Gasteiger partial charge in [-0.1, -0.05) is 35.4 Å². The number of rotatable bonds is 8. The molecule has 0 aliphatic heterocycles. The van der Waals surface area contributed by atoms with Crippen LogP contribution in [0.25, 0.3) is 10.4 Å². The second-order valence-corrected chi connectivity index (χ2v) is 7.26. The Balaban J connectivity index is 2.96. The highest BCUT2D eigenvalue weighted by Crippen LogP contribution is 2.28. The van der Waals surface area contributed by atoms with Gasteiger partial charge in [-0.25, -0.2) is 0 Å². The molecule has 0 aliphatic carbocycles. The molecular weight excluding hydrogens is 262 g/mol. The molecule has 1 atom stereocenters. The van der Waals surface area contributed by atoms with E-state index in [1.54, 1.807) is 21.3 Å². The first-order chi connectivity index (χ1) is 9.22. The van der Waals surface area contributed by atoms with Gasteiger partial charge in [-0.05, 0) is 17.5 Å². The van der Waals surface area contributed by atoms with Gasteiger partial charge in [-0.15, -0.1) is 0 Å². The average molecular weight is 281 g/mol. The minimum Gasteiger partial charge on any atom is -0.377 e. The lowest BCUT2D eigenvalue weighted by Crippen LogP contribution is -2.49. The van der Waals surface area contributed by atoms with Crippen LogP contribution in [0.1, 0.15) is 5.56 Å². The smallest absolute Gasteiger partial charge is 0.377 e. The van der Waals surface area contributed by atoms with Gasteiger partial charge in [-0.2, -0.15) is 0 Å². The van der Waals surface area contributed by atoms with Gasteiger partial charge >= 0.3 is 8.80 Å². The summed E-state index contributed by atoms with van der Waals surface area (Å²) in [5.41, 5.74) is 9.54. The normalized spacial score (nSPS) is 12.8. The maximum absolute atomic E-state index is 8.52. The molecule has 0 saturated carbocycles. The van der Waals surface area contributed by atoms with Crippen LogP contribution in [0, 0.1) is 0 Å². The van der Waals surface area contributed by atoms with Gasteiger partial charge in [-0.3, -0.25) is 0 Å². The standard InChI is InChI=1S/C12H19N3O3Si/c1-16-19(17-2,18-3)12(10-14-15-13)9-11-7-5-4-6-8-11/h4-8,12H,9-10H2,1-3H3. The first-order valence-electron chi connectivity index (χ1n) is 5.92. The van der Waals surface area contributed by atoms with E-state index in [4.69, 9.17) is 18.8 Å². The lowest BCUT2D eigenvalue weighted by Gasteiger charge is -2.31. The van der Waals surface area contributed by atoms with Gasteiger partial charge in [0.2, 0.25) is 0 Å². The molecule has 1 aromatic carbocycles. The van der Waals surface area contributed by atoms with Crippen molar-refractivity contribution in [2.75, 3.05) is 27.9 Å². The Kier molecular flexibility index (Phi) is 6.55. The Morgan fingerprint density at radius 2 is 1.74 bits per heavy atom. The predicted octanol–water partition coefficient (Wildman–Crippen LogP) is 2.79. The fraction of sp³-hybridized carbons (Fsp3) is 0.500. The molecule has 19 heavy (non-hydrogen) atoms. The molecule has 0 amide bonds. The maximum atomic E-state index is 8.52. The molecule has 104 valence electrons. The molecule has 0 N–H and O–H groups in total. The van der Waals surface area contributed by atoms with Gasteiger partial charge in [0.05, 0.1) is 0 Å². The minimum absolute atomic E-state index is 0.106. The highest BCUT2D eigenvalue weighted by atomic mass is 28.4. The molecule has 0 fully saturated rings. The van der Waals surface area contributed by atoms with Gasteiger partial charge in [0.15, 0.2) is 0 Å². The Labute approximate surface area is 114 Å². The van der Waals surface area contributed by atoms with Crippen LogP contribution in [0.3, 0.4) is 0 Å². The molecule has 0 aromatic heterocycles. The number of nitrogens with zero attached hydrogens (tertiary/aromatic N) is 3. The molecule has 0 radical (unpaired) electrons. The summed E-state index contributed by atoms with van der Waals surface area (Å²) < 4.78 is 16.4. The molecule has 6 nitrogen and oxygen atoms in total. The third-order valence-corrected chi connectivity index (χ3v) is 6.14. The number of benzene rings is 1. The third-order valence-electron chi connectivity index (χ3n) is 3.04. The van der Waals surface area contributed by atoms with E-state index in [0.29, 0.717) is 6.42 Å². The van der Waals surface area contributed by atoms with E-state index in [1.165, 1.54) is 0 Å². The van der Waals surface area contributed by atoms with Gasteiger partial charge in [0, 0.05) is 38.3 Å². The largest absolute Gasteiger partial charge is 0.503 e. The molecule has 0 heterocycles. The highest BCUT2D eigenvalue weighted by Gasteiger charge is 2.46. The van der Waals surface area contributed by atoms with Gasteiger partial charge < -0.3 is 13.3 Å². The third kappa shape index (κ3) is 4.05. The first-order valence-corrected chi connectivity index (χ1v) is 7.72. The topological polar surface area (TPSA) is 76.5 Å². The van der Waals surface area contributed by atoms with Crippen molar-refractivity contribution in [2.24, 2.45) is 5.11 Å². The Hall–Kier alpha value is -1.37. The zero-order chi connectivity index (χ0) is 14.1. The molecule has 1 aromatic rings. The van der Waals surface area contributed by atoms with Crippen LogP contribution >= 0.6 is 0 Å². The quantitative estimate of drug-likeness (QED) is 0.318. The Morgan fingerprint density at radius 3 is 2.21 bits per heavy atom. The van der Waals surface area contributed by atoms with E-state index in [-0.39, 0.29) is 12.1 Å². The van der Waals surface area contributed by atoms with Crippen LogP contribution in [-0.2, 0) is 19.7 Å². The molecule has 1 rings (SSSR count). The second-order valence-electron chi connectivity index (χ2n) is 4.02. The fourth-order valence-corrected chi connectivity index (χ4v) is 4.38. The average Bonchev–Trinajstić information content (AvgIpc) is 2.48. The van der Waals surface area contributed by atoms with Crippen molar-refractivity contribution >= 4 is 8.80 Å². The summed E-state index contributed by atoms with van der Waals surface area (Å²) in [5, 5.41) is 3.65. The second kappa shape index (κ2) is 7.93. The summed E-state index contributed by atoms with van der Waals surface area (Å²) in [6, 6.07) is 9.93. The summed E-state index contributed by atoms with van der Waals surface area (Å²) in [6.07, 6.45) is 0.682. The zero-order valence-electron chi connectivity index (χ0n) is 11.4. The summed E-state index contributed by atoms with van der Waals surface area (Å²) in [6.45, 7) is 0.285. The van der Waals surface area contributed by atoms with Crippen molar-refractivity contribution in [3.8, 4) is 0 Å². The highest BCUT2D eigenvalue weighted by molar-refractivity contribution is 6.62. The maximum Gasteiger partial charge on any atom is 0.503 e. The number of hydrogen-bond acceptors (Lipinski definition) is 4. The monoisotopic (exact) mass is 281 g/mol. The molecule has 1 unspecified atom stereocenters. The van der Waals surface area contributed by atoms with Crippen LogP contribution in [0.5, 0.6) is 0 Å². The number of azide groups is 1.